The van der Waals surface area contributed by atoms with Crippen molar-refractivity contribution in [3.63, 3.8) is 0 Å². The zero-order valence-corrected chi connectivity index (χ0v) is 23.1. The van der Waals surface area contributed by atoms with Gasteiger partial charge in [0.2, 0.25) is 5.17 Å². The van der Waals surface area contributed by atoms with Gasteiger partial charge in [0.05, 0.1) is 12.1 Å². The Morgan fingerprint density at radius 3 is 2.75 bits per heavy atom. The molecule has 0 unspecified atom stereocenters. The van der Waals surface area contributed by atoms with Gasteiger partial charge in [-0.25, -0.2) is 0 Å². The van der Waals surface area contributed by atoms with Gasteiger partial charge in [-0.1, -0.05) is 50.2 Å². The number of hydrogen-bond donors (Lipinski definition) is 1. The van der Waals surface area contributed by atoms with E-state index in [0.717, 1.165) is 34.2 Å². The van der Waals surface area contributed by atoms with Crippen molar-refractivity contribution in [2.75, 3.05) is 6.61 Å². The number of nitrogens with zero attached hydrogens (tertiary/aromatic N) is 5. The number of amidine groups is 2. The molecule has 4 heterocycles. The average molecular weight is 549 g/mol. The second-order valence-electron chi connectivity index (χ2n) is 9.66. The van der Waals surface area contributed by atoms with Crippen LogP contribution in [0.1, 0.15) is 42.9 Å². The van der Waals surface area contributed by atoms with Gasteiger partial charge in [0.15, 0.2) is 5.84 Å². The molecule has 1 amide bonds. The number of aromatic nitrogens is 2. The molecule has 0 spiro atoms. The number of amides is 1. The number of nitrogens with one attached hydrogen (secondary N) is 1. The number of carbonyl (C=O) groups is 1. The van der Waals surface area contributed by atoms with Gasteiger partial charge in [-0.15, -0.1) is 0 Å². The molecule has 9 heteroatoms. The molecule has 2 aliphatic heterocycles. The molecular formula is C31H28N6O2S. The highest BCUT2D eigenvalue weighted by Gasteiger charge is 2.36. The molecule has 4 aromatic rings. The lowest BCUT2D eigenvalue weighted by atomic mass is 9.98. The molecule has 0 radical (unpaired) electrons. The predicted molar refractivity (Wildman–Crippen MR) is 161 cm³/mol. The molecule has 0 bridgehead atoms. The number of thioether (sulfide) groups is 1. The fraction of sp³-hybridized carbons (Fsp3) is 0.194. The van der Waals surface area contributed by atoms with Crippen LogP contribution in [0.4, 0.5) is 0 Å². The second kappa shape index (κ2) is 10.9. The maximum Gasteiger partial charge on any atom is 0.283 e. The topological polar surface area (TPSA) is 95.9 Å². The summed E-state index contributed by atoms with van der Waals surface area (Å²) in [4.78, 5) is 21.4. The first-order valence-electron chi connectivity index (χ1n) is 13.2. The highest BCUT2D eigenvalue weighted by molar-refractivity contribution is 8.27. The van der Waals surface area contributed by atoms with Crippen molar-refractivity contribution in [3.8, 4) is 5.75 Å². The molecule has 1 N–H and O–H groups in total. The van der Waals surface area contributed by atoms with Gasteiger partial charge in [-0.2, -0.15) is 15.1 Å². The lowest BCUT2D eigenvalue weighted by Gasteiger charge is -2.20. The average Bonchev–Trinajstić information content (AvgIpc) is 3.57. The number of hydrogen-bond acceptors (Lipinski definition) is 6. The first-order chi connectivity index (χ1) is 19.5. The Balaban J connectivity index is 1.26. The van der Waals surface area contributed by atoms with Crippen LogP contribution in [0.25, 0.3) is 17.0 Å². The van der Waals surface area contributed by atoms with Gasteiger partial charge in [0.25, 0.3) is 5.91 Å². The number of para-hydroxylation sites is 2. The van der Waals surface area contributed by atoms with Crippen LogP contribution in [0.2, 0.25) is 0 Å². The van der Waals surface area contributed by atoms with Gasteiger partial charge in [0.1, 0.15) is 17.4 Å². The lowest BCUT2D eigenvalue weighted by Crippen LogP contribution is -2.35. The van der Waals surface area contributed by atoms with Crippen LogP contribution >= 0.6 is 11.8 Å². The Bertz CT molecular complexity index is 1710. The Morgan fingerprint density at radius 2 is 1.93 bits per heavy atom. The van der Waals surface area contributed by atoms with Crippen molar-refractivity contribution in [2.24, 2.45) is 10.1 Å². The summed E-state index contributed by atoms with van der Waals surface area (Å²) in [5, 5.41) is 16.8. The van der Waals surface area contributed by atoms with Gasteiger partial charge >= 0.3 is 0 Å². The standard InChI is InChI=1S/C31H28N6O2S/c1-3-20(2)23-10-5-7-13-27(23)39-16-15-36-19-22(24-11-4-6-12-26(24)36)17-25-28(32)37-31(34-29(25)38)40-30(35-37)21-9-8-14-33-18-21/h4-14,17-20,32H,3,15-16H2,1-2H3/b25-17-,32-28?/t20-/m1/s1. The van der Waals surface area contributed by atoms with Crippen LogP contribution in [-0.2, 0) is 11.3 Å². The molecule has 8 nitrogen and oxygen atoms in total. The minimum Gasteiger partial charge on any atom is -0.491 e. The summed E-state index contributed by atoms with van der Waals surface area (Å²) >= 11 is 1.26. The van der Waals surface area contributed by atoms with E-state index in [2.05, 4.69) is 51.7 Å². The molecular weight excluding hydrogens is 520 g/mol. The van der Waals surface area contributed by atoms with E-state index >= 15 is 0 Å². The van der Waals surface area contributed by atoms with Crippen molar-refractivity contribution in [1.29, 1.82) is 5.41 Å². The monoisotopic (exact) mass is 548 g/mol. The Hall–Kier alpha value is -4.50. The van der Waals surface area contributed by atoms with Crippen molar-refractivity contribution in [2.45, 2.75) is 32.7 Å². The Morgan fingerprint density at radius 1 is 1.10 bits per heavy atom. The Labute approximate surface area is 236 Å². The van der Waals surface area contributed by atoms with E-state index in [0.29, 0.717) is 29.3 Å². The number of hydrazone groups is 1. The summed E-state index contributed by atoms with van der Waals surface area (Å²) in [5.41, 5.74) is 4.09. The first-order valence-corrected chi connectivity index (χ1v) is 14.1. The van der Waals surface area contributed by atoms with E-state index in [4.69, 9.17) is 10.1 Å². The van der Waals surface area contributed by atoms with E-state index in [1.807, 2.05) is 48.7 Å². The smallest absolute Gasteiger partial charge is 0.283 e. The van der Waals surface area contributed by atoms with E-state index in [-0.39, 0.29) is 11.4 Å². The fourth-order valence-corrected chi connectivity index (χ4v) is 5.70. The van der Waals surface area contributed by atoms with Crippen LogP contribution in [0, 0.1) is 5.41 Å². The normalized spacial score (nSPS) is 16.8. The summed E-state index contributed by atoms with van der Waals surface area (Å²) in [6.07, 6.45) is 8.19. The minimum absolute atomic E-state index is 0.00297. The summed E-state index contributed by atoms with van der Waals surface area (Å²) in [5.74, 6) is 0.892. The van der Waals surface area contributed by atoms with Crippen LogP contribution in [0.5, 0.6) is 5.75 Å². The van der Waals surface area contributed by atoms with Crippen LogP contribution < -0.4 is 4.74 Å². The predicted octanol–water partition coefficient (Wildman–Crippen LogP) is 6.30. The second-order valence-corrected chi connectivity index (χ2v) is 10.6. The minimum atomic E-state index is -0.451. The summed E-state index contributed by atoms with van der Waals surface area (Å²) < 4.78 is 8.36. The maximum atomic E-state index is 13.1. The van der Waals surface area contributed by atoms with Crippen LogP contribution in [0.15, 0.2) is 94.9 Å². The zero-order valence-electron chi connectivity index (χ0n) is 22.2. The molecule has 0 saturated carbocycles. The number of fused-ring (bicyclic) bond motifs is 2. The van der Waals surface area contributed by atoms with Gasteiger partial charge in [-0.3, -0.25) is 15.2 Å². The molecule has 40 heavy (non-hydrogen) atoms. The van der Waals surface area contributed by atoms with Crippen molar-refractivity contribution < 1.29 is 9.53 Å². The Kier molecular flexibility index (Phi) is 7.04. The van der Waals surface area contributed by atoms with Crippen LogP contribution in [0.3, 0.4) is 0 Å². The van der Waals surface area contributed by atoms with Crippen molar-refractivity contribution in [1.82, 2.24) is 14.6 Å². The first kappa shape index (κ1) is 25.8. The highest BCUT2D eigenvalue weighted by Crippen LogP contribution is 2.32. The molecule has 1 atom stereocenters. The third-order valence-corrected chi connectivity index (χ3v) is 8.09. The summed E-state index contributed by atoms with van der Waals surface area (Å²) in [6, 6.07) is 20.0. The van der Waals surface area contributed by atoms with E-state index < -0.39 is 5.91 Å². The molecule has 6 rings (SSSR count). The molecule has 200 valence electrons. The molecule has 0 aliphatic carbocycles. The molecule has 2 aromatic heterocycles. The zero-order chi connectivity index (χ0) is 27.6. The number of benzene rings is 2. The number of aliphatic imine (C=N–C) groups is 1. The third kappa shape index (κ3) is 4.84. The van der Waals surface area contributed by atoms with E-state index in [1.165, 1.54) is 22.3 Å². The summed E-state index contributed by atoms with van der Waals surface area (Å²) in [6.45, 7) is 5.53. The van der Waals surface area contributed by atoms with Gasteiger partial charge < -0.3 is 9.30 Å². The maximum absolute atomic E-state index is 13.1. The van der Waals surface area contributed by atoms with E-state index in [1.54, 1.807) is 18.5 Å². The van der Waals surface area contributed by atoms with Crippen molar-refractivity contribution >= 4 is 50.7 Å². The molecule has 0 fully saturated rings. The number of carbonyl (C=O) groups excluding carboxylic acids is 1. The summed E-state index contributed by atoms with van der Waals surface area (Å²) in [7, 11) is 0. The van der Waals surface area contributed by atoms with Gasteiger partial charge in [0, 0.05) is 40.6 Å². The quantitative estimate of drug-likeness (QED) is 0.261. The van der Waals surface area contributed by atoms with Crippen molar-refractivity contribution in [3.05, 3.63) is 102 Å². The van der Waals surface area contributed by atoms with Gasteiger partial charge in [-0.05, 0) is 60.0 Å². The molecule has 2 aromatic carbocycles. The highest BCUT2D eigenvalue weighted by atomic mass is 32.2. The number of ether oxygens (including phenoxy) is 1. The largest absolute Gasteiger partial charge is 0.491 e. The SMILES string of the molecule is CC[C@@H](C)c1ccccc1OCCn1cc(/C=C2/C(=N)N3N=C(c4cccnc4)SC3=NC2=O)c2ccccc21. The third-order valence-electron chi connectivity index (χ3n) is 7.13. The number of pyridine rings is 1. The van der Waals surface area contributed by atoms with Crippen LogP contribution in [-0.4, -0.2) is 43.1 Å². The molecule has 0 saturated heterocycles. The van der Waals surface area contributed by atoms with E-state index in [9.17, 15) is 4.79 Å². The fourth-order valence-electron chi connectivity index (χ4n) is 4.82. The number of rotatable bonds is 8. The molecule has 2 aliphatic rings. The lowest BCUT2D eigenvalue weighted by molar-refractivity contribution is -0.114.